The summed E-state index contributed by atoms with van der Waals surface area (Å²) in [5.74, 6) is 2.27. The summed E-state index contributed by atoms with van der Waals surface area (Å²) in [5.41, 5.74) is 0.484. The Bertz CT molecular complexity index is 946. The Kier molecular flexibility index (Phi) is 6.86. The quantitative estimate of drug-likeness (QED) is 0.579. The summed E-state index contributed by atoms with van der Waals surface area (Å²) in [6.07, 6.45) is 11.2. The molecule has 4 fully saturated rings. The molecule has 4 aliphatic carbocycles. The highest BCUT2D eigenvalue weighted by molar-refractivity contribution is 5.87. The van der Waals surface area contributed by atoms with Crippen molar-refractivity contribution in [2.45, 2.75) is 84.3 Å². The highest BCUT2D eigenvalue weighted by Gasteiger charge is 2.62. The second-order valence-corrected chi connectivity index (χ2v) is 12.0. The number of fused-ring (bicyclic) bond motifs is 5. The van der Waals surface area contributed by atoms with Crippen LogP contribution in [0.3, 0.4) is 0 Å². The minimum absolute atomic E-state index is 0.0324. The Morgan fingerprint density at radius 2 is 1.97 bits per heavy atom. The van der Waals surface area contributed by atoms with Crippen molar-refractivity contribution in [2.75, 3.05) is 20.3 Å². The Morgan fingerprint density at radius 1 is 1.14 bits per heavy atom. The number of aliphatic hydroxyl groups is 1. The molecule has 1 aromatic heterocycles. The molecule has 0 radical (unpaired) electrons. The van der Waals surface area contributed by atoms with Crippen LogP contribution in [0.25, 0.3) is 0 Å². The molecule has 0 saturated heterocycles. The molecular formula is C28H42N2O5. The molecule has 4 aliphatic rings. The van der Waals surface area contributed by atoms with E-state index >= 15 is 0 Å². The van der Waals surface area contributed by atoms with Gasteiger partial charge in [0.15, 0.2) is 11.5 Å². The van der Waals surface area contributed by atoms with Crippen LogP contribution in [-0.4, -0.2) is 53.1 Å². The number of carbonyl (C=O) groups excluding carboxylic acids is 2. The Hall–Kier alpha value is -1.73. The summed E-state index contributed by atoms with van der Waals surface area (Å²) in [7, 11) is 1.83. The monoisotopic (exact) mass is 486 g/mol. The van der Waals surface area contributed by atoms with Crippen LogP contribution in [0, 0.1) is 40.4 Å². The largest absolute Gasteiger partial charge is 0.461 e. The zero-order valence-corrected chi connectivity index (χ0v) is 21.6. The summed E-state index contributed by atoms with van der Waals surface area (Å²) in [5, 5.41) is 14.7. The lowest BCUT2D eigenvalue weighted by atomic mass is 9.44. The zero-order chi connectivity index (χ0) is 24.8. The smallest absolute Gasteiger partial charge is 0.358 e. The first-order valence-electron chi connectivity index (χ1n) is 13.7. The third-order valence-electron chi connectivity index (χ3n) is 10.6. The second kappa shape index (κ2) is 9.62. The first-order chi connectivity index (χ1) is 16.8. The summed E-state index contributed by atoms with van der Waals surface area (Å²) in [6.45, 7) is 5.47. The molecule has 1 aromatic rings. The van der Waals surface area contributed by atoms with Crippen molar-refractivity contribution in [3.8, 4) is 0 Å². The molecule has 5 rings (SSSR count). The predicted molar refractivity (Wildman–Crippen MR) is 131 cm³/mol. The van der Waals surface area contributed by atoms with E-state index in [0.717, 1.165) is 51.6 Å². The molecule has 0 aromatic carbocycles. The number of hydrogen-bond acceptors (Lipinski definition) is 6. The summed E-state index contributed by atoms with van der Waals surface area (Å²) in [6, 6.07) is 1.63. The Balaban J connectivity index is 1.31. The molecule has 8 atom stereocenters. The molecule has 4 saturated carbocycles. The van der Waals surface area contributed by atoms with Gasteiger partial charge in [-0.15, -0.1) is 0 Å². The van der Waals surface area contributed by atoms with Gasteiger partial charge in [0, 0.05) is 19.2 Å². The van der Waals surface area contributed by atoms with Crippen molar-refractivity contribution < 1.29 is 24.2 Å². The third kappa shape index (κ3) is 4.16. The van der Waals surface area contributed by atoms with Crippen molar-refractivity contribution in [2.24, 2.45) is 40.4 Å². The number of methoxy groups -OCH3 is 1. The van der Waals surface area contributed by atoms with Crippen LogP contribution in [-0.2, 0) is 20.8 Å². The molecule has 1 heterocycles. The van der Waals surface area contributed by atoms with Crippen LogP contribution >= 0.6 is 0 Å². The minimum Gasteiger partial charge on any atom is -0.461 e. The van der Waals surface area contributed by atoms with Crippen LogP contribution in [0.15, 0.2) is 12.3 Å². The van der Waals surface area contributed by atoms with Crippen LogP contribution in [0.1, 0.15) is 82.1 Å². The van der Waals surface area contributed by atoms with Gasteiger partial charge in [0.25, 0.3) is 0 Å². The topological polar surface area (TPSA) is 90.7 Å². The number of hydrogen-bond donors (Lipinski definition) is 1. The zero-order valence-electron chi connectivity index (χ0n) is 21.6. The number of ketones is 1. The van der Waals surface area contributed by atoms with Crippen molar-refractivity contribution in [3.05, 3.63) is 18.0 Å². The summed E-state index contributed by atoms with van der Waals surface area (Å²) >= 11 is 0. The first kappa shape index (κ1) is 24.9. The first-order valence-corrected chi connectivity index (χ1v) is 13.7. The van der Waals surface area contributed by atoms with Crippen LogP contribution in [0.5, 0.6) is 0 Å². The lowest BCUT2D eigenvalue weighted by molar-refractivity contribution is -0.161. The maximum Gasteiger partial charge on any atom is 0.358 e. The van der Waals surface area contributed by atoms with Crippen molar-refractivity contribution in [3.63, 3.8) is 0 Å². The second-order valence-electron chi connectivity index (χ2n) is 12.0. The lowest BCUT2D eigenvalue weighted by Gasteiger charge is -2.61. The fraction of sp³-hybridized carbons (Fsp3) is 0.821. The average Bonchev–Trinajstić information content (AvgIpc) is 3.44. The van der Waals surface area contributed by atoms with Gasteiger partial charge in [-0.2, -0.15) is 5.10 Å². The van der Waals surface area contributed by atoms with Crippen LogP contribution < -0.4 is 0 Å². The van der Waals surface area contributed by atoms with Crippen LogP contribution in [0.4, 0.5) is 0 Å². The number of Topliss-reactive ketones (excluding diaryl/α,β-unsaturated/α-hetero) is 1. The molecule has 0 spiro atoms. The molecule has 35 heavy (non-hydrogen) atoms. The number of aliphatic hydroxyl groups excluding tert-OH is 1. The fourth-order valence-electron chi connectivity index (χ4n) is 9.14. The van der Waals surface area contributed by atoms with Crippen molar-refractivity contribution in [1.29, 1.82) is 0 Å². The highest BCUT2D eigenvalue weighted by Crippen LogP contribution is 2.67. The van der Waals surface area contributed by atoms with Gasteiger partial charge in [-0.1, -0.05) is 6.92 Å². The summed E-state index contributed by atoms with van der Waals surface area (Å²) < 4.78 is 12.5. The van der Waals surface area contributed by atoms with Gasteiger partial charge < -0.3 is 14.6 Å². The van der Waals surface area contributed by atoms with Gasteiger partial charge >= 0.3 is 5.97 Å². The van der Waals surface area contributed by atoms with Gasteiger partial charge in [0.05, 0.1) is 25.9 Å². The van der Waals surface area contributed by atoms with E-state index in [0.29, 0.717) is 30.3 Å². The molecular weight excluding hydrogens is 444 g/mol. The van der Waals surface area contributed by atoms with E-state index in [9.17, 15) is 14.7 Å². The standard InChI is InChI=1S/C28H42N2O5/c1-4-35-26(33)24-11-14-30(29-24)16-25(32)23-8-7-21-20-6-5-18-15-19(31)9-13-28(18,17-34-3)22(20)10-12-27(21,23)2/h11,14,18-23,31H,4-10,12-13,15-17H2,1-3H3/t18-,19+,20-,21-,22-,23+,27-,28+/m0/s1. The molecule has 0 aliphatic heterocycles. The number of nitrogens with zero attached hydrogens (tertiary/aromatic N) is 2. The third-order valence-corrected chi connectivity index (χ3v) is 10.6. The van der Waals surface area contributed by atoms with E-state index in [1.54, 1.807) is 23.9 Å². The number of aromatic nitrogens is 2. The Labute approximate surface area is 208 Å². The van der Waals surface area contributed by atoms with Crippen molar-refractivity contribution in [1.82, 2.24) is 9.78 Å². The van der Waals surface area contributed by atoms with E-state index in [1.807, 2.05) is 7.11 Å². The van der Waals surface area contributed by atoms with E-state index in [2.05, 4.69) is 12.0 Å². The van der Waals surface area contributed by atoms with Crippen LogP contribution in [0.2, 0.25) is 0 Å². The van der Waals surface area contributed by atoms with Gasteiger partial charge in [-0.3, -0.25) is 9.48 Å². The SMILES string of the molecule is CCOC(=O)c1ccn(CC(=O)[C@H]2CC[C@H]3[C@@H]4CC[C@H]5C[C@H](O)CC[C@]5(COC)[C@H]4CC[C@]23C)n1. The number of rotatable bonds is 7. The van der Waals surface area contributed by atoms with E-state index in [-0.39, 0.29) is 40.9 Å². The van der Waals surface area contributed by atoms with Gasteiger partial charge in [0.1, 0.15) is 0 Å². The molecule has 194 valence electrons. The highest BCUT2D eigenvalue weighted by atomic mass is 16.5. The molecule has 7 nitrogen and oxygen atoms in total. The van der Waals surface area contributed by atoms with Gasteiger partial charge in [-0.05, 0) is 105 Å². The normalized spacial score (nSPS) is 40.5. The average molecular weight is 487 g/mol. The Morgan fingerprint density at radius 3 is 2.74 bits per heavy atom. The minimum atomic E-state index is -0.444. The van der Waals surface area contributed by atoms with E-state index in [1.165, 1.54) is 12.8 Å². The number of carbonyl (C=O) groups is 2. The maximum atomic E-state index is 13.5. The van der Waals surface area contributed by atoms with Gasteiger partial charge in [-0.25, -0.2) is 4.79 Å². The summed E-state index contributed by atoms with van der Waals surface area (Å²) in [4.78, 5) is 25.5. The van der Waals surface area contributed by atoms with Crippen molar-refractivity contribution >= 4 is 11.8 Å². The molecule has 1 N–H and O–H groups in total. The maximum absolute atomic E-state index is 13.5. The predicted octanol–water partition coefficient (Wildman–Crippen LogP) is 4.28. The lowest BCUT2D eigenvalue weighted by Crippen LogP contribution is -2.57. The number of esters is 1. The van der Waals surface area contributed by atoms with E-state index < -0.39 is 5.97 Å². The fourth-order valence-corrected chi connectivity index (χ4v) is 9.14. The molecule has 0 unspecified atom stereocenters. The molecule has 7 heteroatoms. The van der Waals surface area contributed by atoms with Gasteiger partial charge in [0.2, 0.25) is 0 Å². The number of ether oxygens (including phenoxy) is 2. The molecule has 0 bridgehead atoms. The molecule has 0 amide bonds. The van der Waals surface area contributed by atoms with E-state index in [4.69, 9.17) is 9.47 Å².